The maximum absolute atomic E-state index is 14.5. The van der Waals surface area contributed by atoms with Crippen molar-refractivity contribution in [1.82, 2.24) is 19.8 Å². The Morgan fingerprint density at radius 2 is 1.63 bits per heavy atom. The van der Waals surface area contributed by atoms with Gasteiger partial charge >= 0.3 is 0 Å². The van der Waals surface area contributed by atoms with E-state index >= 15 is 0 Å². The molecule has 196 valence electrons. The first-order valence-corrected chi connectivity index (χ1v) is 12.1. The van der Waals surface area contributed by atoms with Crippen LogP contribution in [0.15, 0.2) is 48.8 Å². The smallest absolute Gasteiger partial charge is 0.261 e. The summed E-state index contributed by atoms with van der Waals surface area (Å²) in [4.78, 5) is 30.8. The van der Waals surface area contributed by atoms with Gasteiger partial charge in [-0.1, -0.05) is 0 Å². The fourth-order valence-corrected chi connectivity index (χ4v) is 5.47. The molecule has 2 aliphatic heterocycles. The van der Waals surface area contributed by atoms with Crippen LogP contribution in [0.1, 0.15) is 11.1 Å². The standard InChI is InChI=1S/C27H25F2N5O4/c1-33-26(37)22(16-8-31-19-4-2-12(28)6-14(16)19)23(27(33)38)17-10-34(21-5-3-13(29)7-15(17)21)11-20-25(36)24(35)18(30)9-32-20/h2-8,10,18,20,24-25,31-32,35-36H,9,11,30H2,1H3/t18-,20-,24+,25+/m0/s1. The average Bonchev–Trinajstić information content (AvgIpc) is 3.52. The quantitative estimate of drug-likeness (QED) is 0.257. The van der Waals surface area contributed by atoms with Crippen LogP contribution >= 0.6 is 0 Å². The second-order valence-electron chi connectivity index (χ2n) is 9.83. The lowest BCUT2D eigenvalue weighted by Crippen LogP contribution is -2.63. The molecule has 2 amide bonds. The van der Waals surface area contributed by atoms with Gasteiger partial charge in [-0.25, -0.2) is 8.78 Å². The SMILES string of the molecule is CN1C(=O)C(c2c[nH]c3ccc(F)cc23)=C(c2cn(C[C@@H]3NC[C@H](N)[C@@H](O)[C@@H]3O)c3ccc(F)cc23)C1=O. The number of nitrogens with one attached hydrogen (secondary N) is 2. The van der Waals surface area contributed by atoms with E-state index in [4.69, 9.17) is 5.73 Å². The molecule has 2 aromatic heterocycles. The number of fused-ring (bicyclic) bond motifs is 2. The highest BCUT2D eigenvalue weighted by Crippen LogP contribution is 2.41. The fourth-order valence-electron chi connectivity index (χ4n) is 5.47. The van der Waals surface area contributed by atoms with Crippen LogP contribution in [-0.2, 0) is 16.1 Å². The van der Waals surface area contributed by atoms with Crippen LogP contribution in [0.2, 0.25) is 0 Å². The molecule has 0 spiro atoms. The first kappa shape index (κ1) is 24.4. The normalized spacial score (nSPS) is 24.4. The van der Waals surface area contributed by atoms with E-state index in [1.165, 1.54) is 31.3 Å². The van der Waals surface area contributed by atoms with Crippen LogP contribution in [-0.4, -0.2) is 74.4 Å². The highest BCUT2D eigenvalue weighted by Gasteiger charge is 2.40. The van der Waals surface area contributed by atoms with Gasteiger partial charge in [-0.2, -0.15) is 0 Å². The number of aromatic amines is 1. The van der Waals surface area contributed by atoms with Gasteiger partial charge in [0.15, 0.2) is 0 Å². The summed E-state index contributed by atoms with van der Waals surface area (Å²) in [6, 6.07) is 7.04. The van der Waals surface area contributed by atoms with Crippen molar-refractivity contribution in [3.8, 4) is 0 Å². The summed E-state index contributed by atoms with van der Waals surface area (Å²) >= 11 is 0. The summed E-state index contributed by atoms with van der Waals surface area (Å²) in [5, 5.41) is 24.8. The molecule has 0 unspecified atom stereocenters. The number of nitrogens with two attached hydrogens (primary N) is 1. The van der Waals surface area contributed by atoms with Crippen molar-refractivity contribution in [2.45, 2.75) is 30.8 Å². The lowest BCUT2D eigenvalue weighted by molar-refractivity contribution is -0.134. The molecular weight excluding hydrogens is 496 g/mol. The number of aliphatic hydroxyl groups is 2. The van der Waals surface area contributed by atoms with Crippen LogP contribution in [0, 0.1) is 11.6 Å². The molecule has 1 saturated heterocycles. The monoisotopic (exact) mass is 521 g/mol. The molecule has 4 atom stereocenters. The molecule has 4 aromatic rings. The number of halogens is 2. The summed E-state index contributed by atoms with van der Waals surface area (Å²) in [5.74, 6) is -2.16. The minimum atomic E-state index is -1.16. The van der Waals surface area contributed by atoms with Gasteiger partial charge in [0.2, 0.25) is 0 Å². The van der Waals surface area contributed by atoms with Gasteiger partial charge in [-0.3, -0.25) is 14.5 Å². The number of carbonyl (C=O) groups excluding carboxylic acids is 2. The van der Waals surface area contributed by atoms with Gasteiger partial charge in [0.05, 0.1) is 29.4 Å². The zero-order valence-electron chi connectivity index (χ0n) is 20.3. The Labute approximate surface area is 215 Å². The van der Waals surface area contributed by atoms with Gasteiger partial charge in [0.25, 0.3) is 11.8 Å². The second kappa shape index (κ2) is 8.84. The van der Waals surface area contributed by atoms with E-state index in [9.17, 15) is 28.6 Å². The predicted octanol–water partition coefficient (Wildman–Crippen LogP) is 1.33. The van der Waals surface area contributed by atoms with Crippen molar-refractivity contribution in [2.24, 2.45) is 5.73 Å². The summed E-state index contributed by atoms with van der Waals surface area (Å²) in [7, 11) is 1.36. The third kappa shape index (κ3) is 3.66. The minimum Gasteiger partial charge on any atom is -0.389 e. The van der Waals surface area contributed by atoms with Crippen molar-refractivity contribution in [2.75, 3.05) is 13.6 Å². The Morgan fingerprint density at radius 1 is 0.974 bits per heavy atom. The van der Waals surface area contributed by atoms with E-state index in [0.717, 1.165) is 4.90 Å². The molecular formula is C27H25F2N5O4. The van der Waals surface area contributed by atoms with E-state index in [1.807, 2.05) is 0 Å². The van der Waals surface area contributed by atoms with Crippen molar-refractivity contribution >= 4 is 44.8 Å². The number of amides is 2. The fraction of sp³-hybridized carbons (Fsp3) is 0.259. The summed E-state index contributed by atoms with van der Waals surface area (Å²) in [6.07, 6.45) is 0.904. The van der Waals surface area contributed by atoms with Gasteiger partial charge in [-0.05, 0) is 36.4 Å². The number of nitrogens with zero attached hydrogens (tertiary/aromatic N) is 2. The number of carbonyl (C=O) groups is 2. The molecule has 1 fully saturated rings. The lowest BCUT2D eigenvalue weighted by atomic mass is 9.94. The second-order valence-corrected chi connectivity index (χ2v) is 9.83. The minimum absolute atomic E-state index is 0.0659. The first-order valence-electron chi connectivity index (χ1n) is 12.1. The number of hydrogen-bond donors (Lipinski definition) is 5. The van der Waals surface area contributed by atoms with Crippen LogP contribution in [0.25, 0.3) is 33.0 Å². The third-order valence-corrected chi connectivity index (χ3v) is 7.52. The number of hydrogen-bond acceptors (Lipinski definition) is 6. The Hall–Kier alpha value is -3.90. The predicted molar refractivity (Wildman–Crippen MR) is 137 cm³/mol. The van der Waals surface area contributed by atoms with Crippen LogP contribution in [0.5, 0.6) is 0 Å². The van der Waals surface area contributed by atoms with E-state index in [0.29, 0.717) is 32.9 Å². The number of aliphatic hydroxyl groups excluding tert-OH is 2. The molecule has 38 heavy (non-hydrogen) atoms. The molecule has 6 N–H and O–H groups in total. The zero-order chi connectivity index (χ0) is 26.9. The van der Waals surface area contributed by atoms with Gasteiger partial charge < -0.3 is 30.8 Å². The van der Waals surface area contributed by atoms with Gasteiger partial charge in [-0.15, -0.1) is 0 Å². The van der Waals surface area contributed by atoms with Crippen LogP contribution in [0.3, 0.4) is 0 Å². The number of aromatic nitrogens is 2. The van der Waals surface area contributed by atoms with E-state index in [-0.39, 0.29) is 24.2 Å². The summed E-state index contributed by atoms with van der Waals surface area (Å²) in [6.45, 7) is 0.458. The number of likely N-dealkylation sites (N-methyl/N-ethyl adjacent to an activating group) is 1. The molecule has 9 nitrogen and oxygen atoms in total. The summed E-state index contributed by atoms with van der Waals surface area (Å²) in [5.41, 5.74) is 7.82. The highest BCUT2D eigenvalue weighted by molar-refractivity contribution is 6.50. The average molecular weight is 522 g/mol. The largest absolute Gasteiger partial charge is 0.389 e. The first-order chi connectivity index (χ1) is 18.2. The molecule has 0 aliphatic carbocycles. The molecule has 6 rings (SSSR count). The summed E-state index contributed by atoms with van der Waals surface area (Å²) < 4.78 is 30.3. The third-order valence-electron chi connectivity index (χ3n) is 7.52. The molecule has 0 bridgehead atoms. The number of benzene rings is 2. The molecule has 2 aromatic carbocycles. The van der Waals surface area contributed by atoms with E-state index in [1.54, 1.807) is 29.1 Å². The molecule has 0 radical (unpaired) electrons. The van der Waals surface area contributed by atoms with Crippen LogP contribution in [0.4, 0.5) is 8.78 Å². The Balaban J connectivity index is 1.55. The highest BCUT2D eigenvalue weighted by atomic mass is 19.1. The Kier molecular flexibility index (Phi) is 5.69. The number of piperidine rings is 1. The van der Waals surface area contributed by atoms with Crippen LogP contribution < -0.4 is 11.1 Å². The molecule has 0 saturated carbocycles. The molecule has 2 aliphatic rings. The van der Waals surface area contributed by atoms with Crippen molar-refractivity contribution in [1.29, 1.82) is 0 Å². The zero-order valence-corrected chi connectivity index (χ0v) is 20.3. The maximum Gasteiger partial charge on any atom is 0.261 e. The number of H-pyrrole nitrogens is 1. The van der Waals surface area contributed by atoms with Crippen molar-refractivity contribution in [3.63, 3.8) is 0 Å². The van der Waals surface area contributed by atoms with E-state index in [2.05, 4.69) is 10.3 Å². The van der Waals surface area contributed by atoms with Gasteiger partial charge in [0.1, 0.15) is 11.6 Å². The Bertz CT molecular complexity index is 1660. The van der Waals surface area contributed by atoms with Crippen molar-refractivity contribution in [3.05, 3.63) is 71.6 Å². The maximum atomic E-state index is 14.5. The van der Waals surface area contributed by atoms with E-state index < -0.39 is 47.7 Å². The molecule has 4 heterocycles. The number of imide groups is 1. The Morgan fingerprint density at radius 3 is 2.37 bits per heavy atom. The lowest BCUT2D eigenvalue weighted by Gasteiger charge is -2.37. The molecule has 11 heteroatoms. The van der Waals surface area contributed by atoms with Gasteiger partial charge in [0, 0.05) is 71.5 Å². The number of rotatable bonds is 4. The van der Waals surface area contributed by atoms with Crippen molar-refractivity contribution < 1.29 is 28.6 Å². The topological polar surface area (TPSA) is 137 Å².